The van der Waals surface area contributed by atoms with Crippen LogP contribution >= 0.6 is 0 Å². The molecule has 1 amide bonds. The van der Waals surface area contributed by atoms with Crippen molar-refractivity contribution in [3.8, 4) is 17.6 Å². The maximum absolute atomic E-state index is 12.7. The molecule has 0 radical (unpaired) electrons. The molecule has 8 nitrogen and oxygen atoms in total. The van der Waals surface area contributed by atoms with Crippen LogP contribution in [-0.2, 0) is 4.79 Å². The number of fused-ring (bicyclic) bond motifs is 1. The molecule has 0 saturated heterocycles. The quantitative estimate of drug-likeness (QED) is 0.284. The van der Waals surface area contributed by atoms with Crippen LogP contribution in [0.3, 0.4) is 0 Å². The molecule has 8 heteroatoms. The molecule has 0 aliphatic carbocycles. The van der Waals surface area contributed by atoms with Crippen LogP contribution in [0.15, 0.2) is 60.2 Å². The van der Waals surface area contributed by atoms with Crippen LogP contribution in [0.2, 0.25) is 0 Å². The van der Waals surface area contributed by atoms with Crippen molar-refractivity contribution in [3.63, 3.8) is 0 Å². The molecule has 0 aliphatic heterocycles. The van der Waals surface area contributed by atoms with Gasteiger partial charge in [0.25, 0.3) is 11.6 Å². The number of carbonyl (C=O) groups is 1. The number of ether oxygens (including phenoxy) is 2. The number of anilines is 1. The summed E-state index contributed by atoms with van der Waals surface area (Å²) in [5, 5.41) is 25.4. The molecule has 0 saturated carbocycles. The smallest absolute Gasteiger partial charge is 0.280 e. The van der Waals surface area contributed by atoms with Gasteiger partial charge in [-0.2, -0.15) is 5.26 Å². The first-order valence-corrected chi connectivity index (χ1v) is 8.79. The van der Waals surface area contributed by atoms with Crippen LogP contribution in [-0.4, -0.2) is 25.1 Å². The number of benzene rings is 3. The number of hydrogen-bond acceptors (Lipinski definition) is 6. The zero-order chi connectivity index (χ0) is 21.7. The number of nitrogens with zero attached hydrogens (tertiary/aromatic N) is 2. The standard InChI is InChI=1S/C22H17N3O5/c1-29-20-11-15(19(25(27)28)12-21(20)30-2)10-16(13-23)22(26)24-18-9-5-7-14-6-3-4-8-17(14)18/h3-12H,1-2H3,(H,24,26)/b16-10+. The first kappa shape index (κ1) is 20.4. The summed E-state index contributed by atoms with van der Waals surface area (Å²) in [6.45, 7) is 0. The fourth-order valence-electron chi connectivity index (χ4n) is 2.99. The number of methoxy groups -OCH3 is 2. The van der Waals surface area contributed by atoms with Crippen LogP contribution in [0, 0.1) is 21.4 Å². The monoisotopic (exact) mass is 403 g/mol. The molecule has 0 heterocycles. The van der Waals surface area contributed by atoms with Gasteiger partial charge in [-0.15, -0.1) is 0 Å². The van der Waals surface area contributed by atoms with E-state index in [9.17, 15) is 20.2 Å². The van der Waals surface area contributed by atoms with E-state index in [1.807, 2.05) is 30.3 Å². The Bertz CT molecular complexity index is 1210. The summed E-state index contributed by atoms with van der Waals surface area (Å²) < 4.78 is 10.3. The number of hydrogen-bond donors (Lipinski definition) is 1. The molecule has 0 unspecified atom stereocenters. The lowest BCUT2D eigenvalue weighted by Crippen LogP contribution is -2.13. The van der Waals surface area contributed by atoms with Gasteiger partial charge >= 0.3 is 0 Å². The van der Waals surface area contributed by atoms with Gasteiger partial charge in [-0.1, -0.05) is 36.4 Å². The van der Waals surface area contributed by atoms with E-state index in [2.05, 4.69) is 5.32 Å². The summed E-state index contributed by atoms with van der Waals surface area (Å²) in [6.07, 6.45) is 1.15. The van der Waals surface area contributed by atoms with Crippen molar-refractivity contribution in [2.24, 2.45) is 0 Å². The molecule has 0 aromatic heterocycles. The molecular weight excluding hydrogens is 386 g/mol. The van der Waals surface area contributed by atoms with E-state index in [0.717, 1.165) is 16.8 Å². The second-order valence-electron chi connectivity index (χ2n) is 6.17. The third kappa shape index (κ3) is 4.05. The molecule has 150 valence electrons. The number of carbonyl (C=O) groups excluding carboxylic acids is 1. The van der Waals surface area contributed by atoms with Crippen molar-refractivity contribution in [2.75, 3.05) is 19.5 Å². The van der Waals surface area contributed by atoms with Crippen molar-refractivity contribution in [1.82, 2.24) is 0 Å². The van der Waals surface area contributed by atoms with E-state index in [4.69, 9.17) is 9.47 Å². The number of nitro groups is 1. The first-order chi connectivity index (χ1) is 14.5. The minimum absolute atomic E-state index is 0.0438. The molecule has 1 N–H and O–H groups in total. The van der Waals surface area contributed by atoms with Gasteiger partial charge in [0.15, 0.2) is 11.5 Å². The lowest BCUT2D eigenvalue weighted by atomic mass is 10.1. The van der Waals surface area contributed by atoms with Crippen LogP contribution in [0.5, 0.6) is 11.5 Å². The molecule has 30 heavy (non-hydrogen) atoms. The van der Waals surface area contributed by atoms with Crippen LogP contribution in [0.4, 0.5) is 11.4 Å². The fraction of sp³-hybridized carbons (Fsp3) is 0.0909. The van der Waals surface area contributed by atoms with E-state index in [-0.39, 0.29) is 28.3 Å². The normalized spacial score (nSPS) is 10.9. The highest BCUT2D eigenvalue weighted by atomic mass is 16.6. The summed E-state index contributed by atoms with van der Waals surface area (Å²) in [5.41, 5.74) is -0.0417. The number of rotatable bonds is 6. The molecule has 3 rings (SSSR count). The molecular formula is C22H17N3O5. The predicted molar refractivity (Wildman–Crippen MR) is 112 cm³/mol. The molecule has 3 aromatic rings. The Kier molecular flexibility index (Phi) is 5.94. The number of amides is 1. The molecule has 0 aliphatic rings. The van der Waals surface area contributed by atoms with Crippen LogP contribution in [0.25, 0.3) is 16.8 Å². The largest absolute Gasteiger partial charge is 0.493 e. The predicted octanol–water partition coefficient (Wildman–Crippen LogP) is 4.31. The second-order valence-corrected chi connectivity index (χ2v) is 6.17. The molecule has 0 bridgehead atoms. The fourth-order valence-corrected chi connectivity index (χ4v) is 2.99. The Labute approximate surface area is 172 Å². The Hall–Kier alpha value is -4.38. The zero-order valence-electron chi connectivity index (χ0n) is 16.2. The Morgan fingerprint density at radius 1 is 1.10 bits per heavy atom. The van der Waals surface area contributed by atoms with E-state index in [1.165, 1.54) is 26.4 Å². The summed E-state index contributed by atoms with van der Waals surface area (Å²) >= 11 is 0. The van der Waals surface area contributed by atoms with Gasteiger partial charge in [-0.05, 0) is 23.6 Å². The second kappa shape index (κ2) is 8.75. The van der Waals surface area contributed by atoms with E-state index < -0.39 is 10.8 Å². The van der Waals surface area contributed by atoms with Gasteiger partial charge in [0, 0.05) is 11.1 Å². The average molecular weight is 403 g/mol. The summed E-state index contributed by atoms with van der Waals surface area (Å²) in [7, 11) is 2.74. The number of nitrogens with one attached hydrogen (secondary N) is 1. The van der Waals surface area contributed by atoms with Crippen LogP contribution in [0.1, 0.15) is 5.56 Å². The van der Waals surface area contributed by atoms with Gasteiger partial charge < -0.3 is 14.8 Å². The maximum atomic E-state index is 12.7. The van der Waals surface area contributed by atoms with Gasteiger partial charge in [0.2, 0.25) is 0 Å². The van der Waals surface area contributed by atoms with Crippen molar-refractivity contribution in [1.29, 1.82) is 5.26 Å². The summed E-state index contributed by atoms with van der Waals surface area (Å²) in [5.74, 6) is -0.279. The number of nitro benzene ring substituents is 1. The van der Waals surface area contributed by atoms with Crippen molar-refractivity contribution in [3.05, 3.63) is 75.8 Å². The van der Waals surface area contributed by atoms with E-state index in [0.29, 0.717) is 5.69 Å². The summed E-state index contributed by atoms with van der Waals surface area (Å²) in [6, 6.07) is 17.2. The van der Waals surface area contributed by atoms with Crippen molar-refractivity contribution >= 4 is 34.1 Å². The Morgan fingerprint density at radius 2 is 1.77 bits per heavy atom. The van der Waals surface area contributed by atoms with E-state index in [1.54, 1.807) is 18.2 Å². The highest BCUT2D eigenvalue weighted by Crippen LogP contribution is 2.35. The highest BCUT2D eigenvalue weighted by molar-refractivity contribution is 6.13. The minimum atomic E-state index is -0.682. The van der Waals surface area contributed by atoms with Gasteiger partial charge in [-0.3, -0.25) is 14.9 Å². The minimum Gasteiger partial charge on any atom is -0.493 e. The molecule has 3 aromatic carbocycles. The topological polar surface area (TPSA) is 114 Å². The average Bonchev–Trinajstić information content (AvgIpc) is 2.76. The molecule has 0 atom stereocenters. The summed E-state index contributed by atoms with van der Waals surface area (Å²) in [4.78, 5) is 23.6. The lowest BCUT2D eigenvalue weighted by molar-refractivity contribution is -0.385. The van der Waals surface area contributed by atoms with Crippen LogP contribution < -0.4 is 14.8 Å². The third-order valence-corrected chi connectivity index (χ3v) is 4.43. The zero-order valence-corrected chi connectivity index (χ0v) is 16.2. The Morgan fingerprint density at radius 3 is 2.43 bits per heavy atom. The third-order valence-electron chi connectivity index (χ3n) is 4.43. The van der Waals surface area contributed by atoms with Crippen molar-refractivity contribution < 1.29 is 19.2 Å². The lowest BCUT2D eigenvalue weighted by Gasteiger charge is -2.10. The SMILES string of the molecule is COc1cc(/C=C(\C#N)C(=O)Nc2cccc3ccccc23)c([N+](=O)[O-])cc1OC. The molecule has 0 spiro atoms. The van der Waals surface area contributed by atoms with Crippen molar-refractivity contribution in [2.45, 2.75) is 0 Å². The maximum Gasteiger partial charge on any atom is 0.280 e. The molecule has 0 fully saturated rings. The van der Waals surface area contributed by atoms with Gasteiger partial charge in [0.05, 0.1) is 30.8 Å². The highest BCUT2D eigenvalue weighted by Gasteiger charge is 2.20. The van der Waals surface area contributed by atoms with Gasteiger partial charge in [-0.25, -0.2) is 0 Å². The first-order valence-electron chi connectivity index (χ1n) is 8.79. The van der Waals surface area contributed by atoms with E-state index >= 15 is 0 Å². The van der Waals surface area contributed by atoms with Gasteiger partial charge in [0.1, 0.15) is 11.6 Å². The number of nitriles is 1. The Balaban J connectivity index is 2.02.